The Bertz CT molecular complexity index is 542. The van der Waals surface area contributed by atoms with Crippen LogP contribution in [0.3, 0.4) is 0 Å². The van der Waals surface area contributed by atoms with Crippen molar-refractivity contribution in [1.29, 1.82) is 0 Å². The molecule has 20 heavy (non-hydrogen) atoms. The maximum absolute atomic E-state index is 12.7. The summed E-state index contributed by atoms with van der Waals surface area (Å²) >= 11 is 6.24. The molecule has 0 saturated carbocycles. The van der Waals surface area contributed by atoms with E-state index in [9.17, 15) is 4.79 Å². The quantitative estimate of drug-likeness (QED) is 0.650. The molecule has 0 N–H and O–H groups in total. The van der Waals surface area contributed by atoms with E-state index in [2.05, 4.69) is 19.6 Å². The van der Waals surface area contributed by atoms with Gasteiger partial charge in [0.25, 0.3) is 0 Å². The fourth-order valence-corrected chi connectivity index (χ4v) is 3.00. The fraction of sp³-hybridized carbons (Fsp3) is 0.389. The molecule has 0 heterocycles. The maximum atomic E-state index is 12.7. The van der Waals surface area contributed by atoms with Gasteiger partial charge < -0.3 is 0 Å². The molecule has 2 heteroatoms. The van der Waals surface area contributed by atoms with Crippen molar-refractivity contribution >= 4 is 23.5 Å². The fourth-order valence-electron chi connectivity index (χ4n) is 2.73. The first-order valence-corrected chi connectivity index (χ1v) is 7.69. The third-order valence-corrected chi connectivity index (χ3v) is 4.37. The van der Waals surface area contributed by atoms with Crippen LogP contribution in [0.2, 0.25) is 5.02 Å². The van der Waals surface area contributed by atoms with Gasteiger partial charge in [0.2, 0.25) is 0 Å². The highest BCUT2D eigenvalue weighted by atomic mass is 35.5. The second kappa shape index (κ2) is 6.90. The summed E-state index contributed by atoms with van der Waals surface area (Å²) in [5.41, 5.74) is 2.48. The van der Waals surface area contributed by atoms with Crippen LogP contribution in [0.1, 0.15) is 54.9 Å². The Labute approximate surface area is 126 Å². The second-order valence-electron chi connectivity index (χ2n) is 5.41. The lowest BCUT2D eigenvalue weighted by molar-refractivity contribution is 0.102. The Morgan fingerprint density at radius 1 is 1.50 bits per heavy atom. The predicted octanol–water partition coefficient (Wildman–Crippen LogP) is 5.69. The number of hydrogen-bond acceptors (Lipinski definition) is 1. The van der Waals surface area contributed by atoms with Crippen LogP contribution in [-0.4, -0.2) is 5.78 Å². The van der Waals surface area contributed by atoms with E-state index < -0.39 is 0 Å². The second-order valence-corrected chi connectivity index (χ2v) is 5.82. The Morgan fingerprint density at radius 3 is 2.95 bits per heavy atom. The molecule has 0 saturated heterocycles. The first kappa shape index (κ1) is 15.1. The van der Waals surface area contributed by atoms with Gasteiger partial charge in [0.05, 0.1) is 5.02 Å². The first-order valence-electron chi connectivity index (χ1n) is 7.31. The number of halogens is 1. The molecule has 0 aliphatic heterocycles. The molecular formula is C18H21ClO. The molecule has 1 nitrogen and oxygen atoms in total. The molecule has 0 amide bonds. The molecule has 1 aliphatic carbocycles. The molecule has 0 unspecified atom stereocenters. The highest BCUT2D eigenvalue weighted by molar-refractivity contribution is 6.35. The summed E-state index contributed by atoms with van der Waals surface area (Å²) in [6, 6.07) is 5.51. The number of hydrogen-bond donors (Lipinski definition) is 0. The van der Waals surface area contributed by atoms with Crippen molar-refractivity contribution in [3.05, 3.63) is 52.6 Å². The van der Waals surface area contributed by atoms with Crippen LogP contribution in [0.25, 0.3) is 6.08 Å². The zero-order valence-electron chi connectivity index (χ0n) is 12.0. The molecule has 0 spiro atoms. The third-order valence-electron chi connectivity index (χ3n) is 4.06. The van der Waals surface area contributed by atoms with Crippen molar-refractivity contribution in [3.63, 3.8) is 0 Å². The highest BCUT2D eigenvalue weighted by Crippen LogP contribution is 2.30. The van der Waals surface area contributed by atoms with Crippen molar-refractivity contribution < 1.29 is 4.79 Å². The molecule has 1 aliphatic rings. The van der Waals surface area contributed by atoms with Crippen LogP contribution >= 0.6 is 11.6 Å². The number of carbonyl (C=O) groups excluding carboxylic acids is 1. The minimum absolute atomic E-state index is 0.0889. The lowest BCUT2D eigenvalue weighted by Crippen LogP contribution is -2.08. The lowest BCUT2D eigenvalue weighted by Gasteiger charge is -2.14. The van der Waals surface area contributed by atoms with Gasteiger partial charge in [0.15, 0.2) is 5.78 Å². The molecule has 1 aromatic carbocycles. The van der Waals surface area contributed by atoms with Crippen molar-refractivity contribution in [3.8, 4) is 0 Å². The van der Waals surface area contributed by atoms with E-state index in [1.165, 1.54) is 12.8 Å². The maximum Gasteiger partial charge on any atom is 0.190 e. The van der Waals surface area contributed by atoms with Crippen LogP contribution < -0.4 is 0 Å². The number of carbonyl (C=O) groups is 1. The lowest BCUT2D eigenvalue weighted by atomic mass is 9.91. The summed E-state index contributed by atoms with van der Waals surface area (Å²) in [5, 5.41) is 0.519. The summed E-state index contributed by atoms with van der Waals surface area (Å²) in [6.07, 6.45) is 9.25. The van der Waals surface area contributed by atoms with Crippen molar-refractivity contribution in [2.24, 2.45) is 5.92 Å². The third kappa shape index (κ3) is 3.40. The van der Waals surface area contributed by atoms with E-state index in [1.54, 1.807) is 12.1 Å². The van der Waals surface area contributed by atoms with Crippen molar-refractivity contribution in [1.82, 2.24) is 0 Å². The number of Topliss-reactive ketones (excluding diaryl/α,β-unsaturated/α-hetero) is 1. The standard InChI is InChI=1S/C18H21ClO/c1-3-13-7-5-6-8-15(11-13)18(20)16-10-9-14(4-2)12-17(16)19/h4,8-10,12-13H,2-3,5-7,11H2,1H3/t13-/m0/s1. The van der Waals surface area contributed by atoms with E-state index in [0.29, 0.717) is 16.5 Å². The normalized spacial score (nSPS) is 19.1. The zero-order chi connectivity index (χ0) is 14.5. The van der Waals surface area contributed by atoms with Gasteiger partial charge in [-0.05, 0) is 54.9 Å². The summed E-state index contributed by atoms with van der Waals surface area (Å²) < 4.78 is 0. The van der Waals surface area contributed by atoms with E-state index >= 15 is 0 Å². The highest BCUT2D eigenvalue weighted by Gasteiger charge is 2.20. The van der Waals surface area contributed by atoms with Crippen LogP contribution in [0.4, 0.5) is 0 Å². The van der Waals surface area contributed by atoms with Crippen LogP contribution in [0.5, 0.6) is 0 Å². The number of allylic oxidation sites excluding steroid dienone is 2. The number of benzene rings is 1. The molecule has 0 fully saturated rings. The van der Waals surface area contributed by atoms with E-state index in [-0.39, 0.29) is 5.78 Å². The first-order chi connectivity index (χ1) is 9.65. The Morgan fingerprint density at radius 2 is 2.30 bits per heavy atom. The number of ketones is 1. The van der Waals surface area contributed by atoms with Crippen molar-refractivity contribution in [2.45, 2.75) is 39.0 Å². The zero-order valence-corrected chi connectivity index (χ0v) is 12.7. The van der Waals surface area contributed by atoms with Gasteiger partial charge in [-0.1, -0.05) is 49.7 Å². The summed E-state index contributed by atoms with van der Waals surface area (Å²) in [4.78, 5) is 12.7. The monoisotopic (exact) mass is 288 g/mol. The van der Waals surface area contributed by atoms with Gasteiger partial charge in [0.1, 0.15) is 0 Å². The van der Waals surface area contributed by atoms with Gasteiger partial charge in [-0.3, -0.25) is 4.79 Å². The average molecular weight is 289 g/mol. The van der Waals surface area contributed by atoms with Crippen LogP contribution in [0.15, 0.2) is 36.4 Å². The summed E-state index contributed by atoms with van der Waals surface area (Å²) in [6.45, 7) is 5.91. The predicted molar refractivity (Wildman–Crippen MR) is 86.2 cm³/mol. The van der Waals surface area contributed by atoms with Crippen LogP contribution in [0, 0.1) is 5.92 Å². The van der Waals surface area contributed by atoms with Gasteiger partial charge in [-0.2, -0.15) is 0 Å². The largest absolute Gasteiger partial charge is 0.289 e. The topological polar surface area (TPSA) is 17.1 Å². The molecule has 0 aromatic heterocycles. The van der Waals surface area contributed by atoms with Gasteiger partial charge in [0, 0.05) is 5.56 Å². The molecule has 106 valence electrons. The number of rotatable bonds is 4. The summed E-state index contributed by atoms with van der Waals surface area (Å²) in [7, 11) is 0. The van der Waals surface area contributed by atoms with Crippen molar-refractivity contribution in [2.75, 3.05) is 0 Å². The molecule has 0 radical (unpaired) electrons. The molecule has 2 rings (SSSR count). The minimum Gasteiger partial charge on any atom is -0.289 e. The smallest absolute Gasteiger partial charge is 0.190 e. The average Bonchev–Trinajstić information content (AvgIpc) is 2.71. The van der Waals surface area contributed by atoms with E-state index in [4.69, 9.17) is 11.6 Å². The van der Waals surface area contributed by atoms with Gasteiger partial charge >= 0.3 is 0 Å². The molecule has 0 bridgehead atoms. The minimum atomic E-state index is 0.0889. The SMILES string of the molecule is C=Cc1ccc(C(=O)C2=CCCC[C@H](CC)C2)c(Cl)c1. The van der Waals surface area contributed by atoms with Gasteiger partial charge in [-0.25, -0.2) is 0 Å². The van der Waals surface area contributed by atoms with E-state index in [0.717, 1.165) is 30.4 Å². The van der Waals surface area contributed by atoms with Crippen LogP contribution in [-0.2, 0) is 0 Å². The molecule has 1 aromatic rings. The molecular weight excluding hydrogens is 268 g/mol. The molecule has 1 atom stereocenters. The van der Waals surface area contributed by atoms with E-state index in [1.807, 2.05) is 12.1 Å². The summed E-state index contributed by atoms with van der Waals surface area (Å²) in [5.74, 6) is 0.713. The van der Waals surface area contributed by atoms with Gasteiger partial charge in [-0.15, -0.1) is 0 Å². The Hall–Kier alpha value is -1.34. The Kier molecular flexibility index (Phi) is 5.19. The Balaban J connectivity index is 2.26.